The number of hydrogen-bond donors (Lipinski definition) is 0. The molecule has 146 valence electrons. The van der Waals surface area contributed by atoms with Crippen molar-refractivity contribution in [3.8, 4) is 0 Å². The van der Waals surface area contributed by atoms with Gasteiger partial charge in [-0.05, 0) is 48.9 Å². The summed E-state index contributed by atoms with van der Waals surface area (Å²) >= 11 is 6.02. The number of fused-ring (bicyclic) bond motifs is 1. The number of imide groups is 1. The van der Waals surface area contributed by atoms with Crippen LogP contribution in [0.4, 0.5) is 11.4 Å². The van der Waals surface area contributed by atoms with Gasteiger partial charge in [-0.1, -0.05) is 23.7 Å². The lowest BCUT2D eigenvalue weighted by molar-refractivity contribution is -0.142. The molecule has 0 aromatic heterocycles. The van der Waals surface area contributed by atoms with Crippen LogP contribution in [0.2, 0.25) is 5.02 Å². The largest absolute Gasteiger partial charge is 0.378 e. The number of hydrogen-bond acceptors (Lipinski definition) is 5. The van der Waals surface area contributed by atoms with Gasteiger partial charge >= 0.3 is 0 Å². The second-order valence-electron chi connectivity index (χ2n) is 7.21. The van der Waals surface area contributed by atoms with E-state index in [1.54, 1.807) is 24.1 Å². The van der Waals surface area contributed by atoms with E-state index in [0.717, 1.165) is 16.9 Å². The Morgan fingerprint density at radius 2 is 1.64 bits per heavy atom. The van der Waals surface area contributed by atoms with Crippen molar-refractivity contribution in [2.24, 2.45) is 5.92 Å². The standard InChI is InChI=1S/C21H22ClN3O3/c1-4-24-20(26)17-18(13-5-9-15(10-6-13)23(2)3)25(28-19(17)21(24)27)16-11-7-14(22)8-12-16/h5-12,17-19H,4H2,1-3H3/t17-,18-,19-/m0/s1. The van der Waals surface area contributed by atoms with Crippen molar-refractivity contribution in [2.75, 3.05) is 30.6 Å². The van der Waals surface area contributed by atoms with Crippen molar-refractivity contribution in [1.82, 2.24) is 4.90 Å². The topological polar surface area (TPSA) is 53.1 Å². The summed E-state index contributed by atoms with van der Waals surface area (Å²) in [6.45, 7) is 2.15. The predicted octanol–water partition coefficient (Wildman–Crippen LogP) is 3.27. The summed E-state index contributed by atoms with van der Waals surface area (Å²) in [5.41, 5.74) is 2.73. The van der Waals surface area contributed by atoms with Crippen molar-refractivity contribution in [3.05, 3.63) is 59.1 Å². The van der Waals surface area contributed by atoms with Crippen molar-refractivity contribution in [2.45, 2.75) is 19.1 Å². The van der Waals surface area contributed by atoms with Crippen LogP contribution in [0.1, 0.15) is 18.5 Å². The fraction of sp³-hybridized carbons (Fsp3) is 0.333. The van der Waals surface area contributed by atoms with Gasteiger partial charge in [-0.15, -0.1) is 0 Å². The Kier molecular flexibility index (Phi) is 4.77. The SMILES string of the molecule is CCN1C(=O)[C@@H]2[C@H](ON(c3ccc(Cl)cc3)[C@H]2c2ccc(N(C)C)cc2)C1=O. The highest BCUT2D eigenvalue weighted by atomic mass is 35.5. The Bertz CT molecular complexity index is 898. The lowest BCUT2D eigenvalue weighted by atomic mass is 9.90. The summed E-state index contributed by atoms with van der Waals surface area (Å²) in [4.78, 5) is 35.0. The molecule has 2 aromatic carbocycles. The van der Waals surface area contributed by atoms with E-state index in [0.29, 0.717) is 11.6 Å². The van der Waals surface area contributed by atoms with Crippen LogP contribution in [-0.2, 0) is 14.4 Å². The van der Waals surface area contributed by atoms with E-state index in [9.17, 15) is 9.59 Å². The minimum atomic E-state index is -0.804. The first-order valence-electron chi connectivity index (χ1n) is 9.26. The van der Waals surface area contributed by atoms with Gasteiger partial charge in [0, 0.05) is 31.4 Å². The maximum atomic E-state index is 13.0. The van der Waals surface area contributed by atoms with Crippen molar-refractivity contribution >= 4 is 34.8 Å². The van der Waals surface area contributed by atoms with Gasteiger partial charge < -0.3 is 4.90 Å². The molecular weight excluding hydrogens is 378 g/mol. The molecule has 7 heteroatoms. The molecule has 2 saturated heterocycles. The molecule has 2 amide bonds. The number of likely N-dealkylation sites (tertiary alicyclic amines) is 1. The monoisotopic (exact) mass is 399 g/mol. The molecule has 0 bridgehead atoms. The highest BCUT2D eigenvalue weighted by molar-refractivity contribution is 6.30. The molecule has 2 fully saturated rings. The van der Waals surface area contributed by atoms with E-state index in [2.05, 4.69) is 0 Å². The summed E-state index contributed by atoms with van der Waals surface area (Å²) < 4.78 is 0. The summed E-state index contributed by atoms with van der Waals surface area (Å²) in [5.74, 6) is -1.03. The lowest BCUT2D eigenvalue weighted by Crippen LogP contribution is -2.37. The third-order valence-corrected chi connectivity index (χ3v) is 5.61. The first-order chi connectivity index (χ1) is 13.4. The zero-order valence-electron chi connectivity index (χ0n) is 16.0. The molecule has 0 N–H and O–H groups in total. The van der Waals surface area contributed by atoms with Gasteiger partial charge in [-0.25, -0.2) is 5.06 Å². The van der Waals surface area contributed by atoms with E-state index in [4.69, 9.17) is 16.4 Å². The first kappa shape index (κ1) is 18.8. The molecule has 0 spiro atoms. The van der Waals surface area contributed by atoms with Gasteiger partial charge in [0.25, 0.3) is 5.91 Å². The van der Waals surface area contributed by atoms with Crippen LogP contribution in [0, 0.1) is 5.92 Å². The highest BCUT2D eigenvalue weighted by Crippen LogP contribution is 2.46. The van der Waals surface area contributed by atoms with E-state index in [-0.39, 0.29) is 11.8 Å². The molecule has 2 aliphatic heterocycles. The maximum Gasteiger partial charge on any atom is 0.261 e. The van der Waals surface area contributed by atoms with Crippen LogP contribution in [0.15, 0.2) is 48.5 Å². The van der Waals surface area contributed by atoms with Gasteiger partial charge in [-0.2, -0.15) is 0 Å². The van der Waals surface area contributed by atoms with E-state index in [1.807, 2.05) is 55.4 Å². The minimum Gasteiger partial charge on any atom is -0.378 e. The molecule has 0 unspecified atom stereocenters. The number of amides is 2. The van der Waals surface area contributed by atoms with Gasteiger partial charge in [-0.3, -0.25) is 19.3 Å². The van der Waals surface area contributed by atoms with Crippen molar-refractivity contribution in [3.63, 3.8) is 0 Å². The van der Waals surface area contributed by atoms with Crippen LogP contribution in [0.5, 0.6) is 0 Å². The van der Waals surface area contributed by atoms with E-state index >= 15 is 0 Å². The molecule has 2 heterocycles. The first-order valence-corrected chi connectivity index (χ1v) is 9.64. The average Bonchev–Trinajstić information content (AvgIpc) is 3.19. The second kappa shape index (κ2) is 7.11. The Morgan fingerprint density at radius 1 is 1.00 bits per heavy atom. The summed E-state index contributed by atoms with van der Waals surface area (Å²) in [5, 5.41) is 2.29. The van der Waals surface area contributed by atoms with Crippen molar-refractivity contribution < 1.29 is 14.4 Å². The van der Waals surface area contributed by atoms with Gasteiger partial charge in [0.2, 0.25) is 5.91 Å². The van der Waals surface area contributed by atoms with Crippen LogP contribution in [-0.4, -0.2) is 43.5 Å². The van der Waals surface area contributed by atoms with Crippen LogP contribution in [0.25, 0.3) is 0 Å². The van der Waals surface area contributed by atoms with Crippen LogP contribution < -0.4 is 9.96 Å². The normalized spacial score (nSPS) is 24.1. The third kappa shape index (κ3) is 2.93. The number of carbonyl (C=O) groups is 2. The lowest BCUT2D eigenvalue weighted by Gasteiger charge is -2.29. The number of benzene rings is 2. The number of hydroxylamine groups is 1. The summed E-state index contributed by atoms with van der Waals surface area (Å²) in [6, 6.07) is 14.8. The van der Waals surface area contributed by atoms with Crippen LogP contribution in [0.3, 0.4) is 0 Å². The number of anilines is 2. The molecule has 2 aliphatic rings. The zero-order valence-corrected chi connectivity index (χ0v) is 16.8. The molecule has 6 nitrogen and oxygen atoms in total. The van der Waals surface area contributed by atoms with E-state index in [1.165, 1.54) is 4.90 Å². The zero-order chi connectivity index (χ0) is 20.0. The fourth-order valence-electron chi connectivity index (χ4n) is 3.90. The Labute approximate surface area is 169 Å². The number of nitrogens with zero attached hydrogens (tertiary/aromatic N) is 3. The molecule has 0 saturated carbocycles. The average molecular weight is 400 g/mol. The molecule has 4 rings (SSSR count). The summed E-state index contributed by atoms with van der Waals surface area (Å²) in [6.07, 6.45) is -0.804. The molecule has 2 aromatic rings. The Balaban J connectivity index is 1.77. The second-order valence-corrected chi connectivity index (χ2v) is 7.64. The minimum absolute atomic E-state index is 0.185. The van der Waals surface area contributed by atoms with Crippen LogP contribution >= 0.6 is 11.6 Å². The molecule has 0 aliphatic carbocycles. The number of rotatable bonds is 4. The van der Waals surface area contributed by atoms with Gasteiger partial charge in [0.15, 0.2) is 6.10 Å². The Morgan fingerprint density at radius 3 is 2.21 bits per heavy atom. The molecule has 28 heavy (non-hydrogen) atoms. The molecule has 0 radical (unpaired) electrons. The number of likely N-dealkylation sites (N-methyl/N-ethyl adjacent to an activating group) is 1. The quantitative estimate of drug-likeness (QED) is 0.738. The number of carbonyl (C=O) groups excluding carboxylic acids is 2. The maximum absolute atomic E-state index is 13.0. The Hall–Kier alpha value is -2.57. The predicted molar refractivity (Wildman–Crippen MR) is 108 cm³/mol. The smallest absolute Gasteiger partial charge is 0.261 e. The number of halogens is 1. The van der Waals surface area contributed by atoms with E-state index < -0.39 is 18.1 Å². The third-order valence-electron chi connectivity index (χ3n) is 5.36. The van der Waals surface area contributed by atoms with Gasteiger partial charge in [0.1, 0.15) is 5.92 Å². The van der Waals surface area contributed by atoms with Crippen molar-refractivity contribution in [1.29, 1.82) is 0 Å². The molecular formula is C21H22ClN3O3. The molecule has 3 atom stereocenters. The highest BCUT2D eigenvalue weighted by Gasteiger charge is 2.59. The summed E-state index contributed by atoms with van der Waals surface area (Å²) in [7, 11) is 3.95. The fourth-order valence-corrected chi connectivity index (χ4v) is 4.03. The van der Waals surface area contributed by atoms with Gasteiger partial charge in [0.05, 0.1) is 11.7 Å².